The molecule has 2 aliphatic rings. The quantitative estimate of drug-likeness (QED) is 0.752. The van der Waals surface area contributed by atoms with Crippen LogP contribution in [0.3, 0.4) is 0 Å². The smallest absolute Gasteiger partial charge is 0.309 e. The zero-order valence-corrected chi connectivity index (χ0v) is 10.4. The van der Waals surface area contributed by atoms with Crippen molar-refractivity contribution in [2.45, 2.75) is 64.2 Å². The first kappa shape index (κ1) is 12.6. The number of rotatable bonds is 2. The second kappa shape index (κ2) is 5.19. The molecule has 0 radical (unpaired) electrons. The van der Waals surface area contributed by atoms with Crippen molar-refractivity contribution in [2.24, 2.45) is 11.3 Å². The van der Waals surface area contributed by atoms with Crippen molar-refractivity contribution in [2.75, 3.05) is 0 Å². The minimum absolute atomic E-state index is 0.246. The molecule has 0 aromatic heterocycles. The summed E-state index contributed by atoms with van der Waals surface area (Å²) in [4.78, 5) is 23.0. The van der Waals surface area contributed by atoms with E-state index in [2.05, 4.69) is 0 Å². The third-order valence-corrected chi connectivity index (χ3v) is 4.76. The van der Waals surface area contributed by atoms with Gasteiger partial charge in [0.25, 0.3) is 0 Å². The topological polar surface area (TPSA) is 54.4 Å². The molecule has 17 heavy (non-hydrogen) atoms. The van der Waals surface area contributed by atoms with E-state index in [1.807, 2.05) is 0 Å². The Balaban J connectivity index is 2.15. The first-order valence-electron chi connectivity index (χ1n) is 6.90. The number of ketones is 1. The minimum atomic E-state index is -0.656. The predicted octanol–water partition coefficient (Wildman–Crippen LogP) is 3.17. The summed E-state index contributed by atoms with van der Waals surface area (Å²) in [6.07, 6.45) is 8.99. The zero-order valence-electron chi connectivity index (χ0n) is 10.4. The molecule has 0 heterocycles. The lowest BCUT2D eigenvalue weighted by atomic mass is 9.63. The Morgan fingerprint density at radius 3 is 2.06 bits per heavy atom. The molecule has 2 rings (SSSR count). The highest BCUT2D eigenvalue weighted by molar-refractivity contribution is 5.84. The van der Waals surface area contributed by atoms with Crippen molar-refractivity contribution in [3.8, 4) is 0 Å². The second-order valence-electron chi connectivity index (χ2n) is 5.69. The molecule has 1 N–H and O–H groups in total. The van der Waals surface area contributed by atoms with Crippen LogP contribution in [0.5, 0.6) is 0 Å². The van der Waals surface area contributed by atoms with Crippen LogP contribution in [0.2, 0.25) is 0 Å². The Kier molecular flexibility index (Phi) is 3.85. The van der Waals surface area contributed by atoms with Gasteiger partial charge in [0.15, 0.2) is 0 Å². The van der Waals surface area contributed by atoms with Crippen molar-refractivity contribution in [1.82, 2.24) is 0 Å². The number of hydrogen-bond acceptors (Lipinski definition) is 2. The summed E-state index contributed by atoms with van der Waals surface area (Å²) >= 11 is 0. The van der Waals surface area contributed by atoms with E-state index < -0.39 is 11.4 Å². The Labute approximate surface area is 103 Å². The van der Waals surface area contributed by atoms with Crippen molar-refractivity contribution in [1.29, 1.82) is 0 Å². The van der Waals surface area contributed by atoms with Crippen LogP contribution in [0.4, 0.5) is 0 Å². The number of carboxylic acid groups (broad SMARTS) is 1. The Morgan fingerprint density at radius 2 is 1.59 bits per heavy atom. The minimum Gasteiger partial charge on any atom is -0.481 e. The van der Waals surface area contributed by atoms with Gasteiger partial charge in [-0.05, 0) is 31.6 Å². The molecule has 2 aliphatic carbocycles. The van der Waals surface area contributed by atoms with Gasteiger partial charge in [0.2, 0.25) is 0 Å². The van der Waals surface area contributed by atoms with Crippen LogP contribution < -0.4 is 0 Å². The van der Waals surface area contributed by atoms with Crippen LogP contribution in [0, 0.1) is 11.3 Å². The normalized spacial score (nSPS) is 26.5. The molecule has 0 bridgehead atoms. The average molecular weight is 238 g/mol. The van der Waals surface area contributed by atoms with E-state index in [1.54, 1.807) is 0 Å². The zero-order chi connectivity index (χ0) is 12.3. The molecule has 2 saturated carbocycles. The largest absolute Gasteiger partial charge is 0.481 e. The van der Waals surface area contributed by atoms with E-state index in [4.69, 9.17) is 0 Å². The maximum atomic E-state index is 11.7. The van der Waals surface area contributed by atoms with Crippen LogP contribution in [0.1, 0.15) is 64.2 Å². The molecule has 0 aromatic rings. The molecule has 96 valence electrons. The summed E-state index contributed by atoms with van der Waals surface area (Å²) in [5, 5.41) is 9.61. The van der Waals surface area contributed by atoms with Crippen LogP contribution in [0.25, 0.3) is 0 Å². The van der Waals surface area contributed by atoms with Gasteiger partial charge in [0, 0.05) is 12.8 Å². The lowest BCUT2D eigenvalue weighted by molar-refractivity contribution is -0.157. The fourth-order valence-electron chi connectivity index (χ4n) is 3.60. The molecule has 0 spiro atoms. The summed E-state index contributed by atoms with van der Waals surface area (Å²) in [7, 11) is 0. The predicted molar refractivity (Wildman–Crippen MR) is 64.7 cm³/mol. The van der Waals surface area contributed by atoms with Gasteiger partial charge in [-0.25, -0.2) is 0 Å². The molecule has 2 fully saturated rings. The maximum Gasteiger partial charge on any atom is 0.309 e. The van der Waals surface area contributed by atoms with Gasteiger partial charge in [-0.1, -0.05) is 25.7 Å². The molecule has 0 atom stereocenters. The Hall–Kier alpha value is -0.860. The molecule has 3 heteroatoms. The standard InChI is InChI=1S/C14H22O3/c15-12-7-9-14(10-8-12,13(16)17)11-5-3-1-2-4-6-11/h11H,1-10H2,(H,16,17). The second-order valence-corrected chi connectivity index (χ2v) is 5.69. The van der Waals surface area contributed by atoms with Crippen LogP contribution in [-0.4, -0.2) is 16.9 Å². The van der Waals surface area contributed by atoms with E-state index in [9.17, 15) is 14.7 Å². The van der Waals surface area contributed by atoms with Crippen molar-refractivity contribution in [3.63, 3.8) is 0 Å². The SMILES string of the molecule is O=C1CCC(C(=O)O)(C2CCCCCC2)CC1. The monoisotopic (exact) mass is 238 g/mol. The fourth-order valence-corrected chi connectivity index (χ4v) is 3.60. The van der Waals surface area contributed by atoms with Crippen LogP contribution >= 0.6 is 0 Å². The highest BCUT2D eigenvalue weighted by Gasteiger charge is 2.47. The van der Waals surface area contributed by atoms with Crippen molar-refractivity contribution in [3.05, 3.63) is 0 Å². The summed E-state index contributed by atoms with van der Waals surface area (Å²) in [5.41, 5.74) is -0.585. The Bertz CT molecular complexity index is 291. The Morgan fingerprint density at radius 1 is 1.06 bits per heavy atom. The molecule has 0 aliphatic heterocycles. The molecular weight excluding hydrogens is 216 g/mol. The van der Waals surface area contributed by atoms with Gasteiger partial charge >= 0.3 is 5.97 Å². The van der Waals surface area contributed by atoms with Gasteiger partial charge in [-0.2, -0.15) is 0 Å². The van der Waals surface area contributed by atoms with Crippen LogP contribution in [0.15, 0.2) is 0 Å². The lowest BCUT2D eigenvalue weighted by Crippen LogP contribution is -2.42. The third kappa shape index (κ3) is 2.53. The number of aliphatic carboxylic acids is 1. The number of carboxylic acids is 1. The van der Waals surface area contributed by atoms with E-state index in [1.165, 1.54) is 12.8 Å². The maximum absolute atomic E-state index is 11.7. The van der Waals surface area contributed by atoms with Gasteiger partial charge < -0.3 is 5.11 Å². The highest BCUT2D eigenvalue weighted by atomic mass is 16.4. The summed E-state index contributed by atoms with van der Waals surface area (Å²) in [6, 6.07) is 0. The first-order chi connectivity index (χ1) is 8.15. The summed E-state index contributed by atoms with van der Waals surface area (Å²) < 4.78 is 0. The first-order valence-corrected chi connectivity index (χ1v) is 6.90. The van der Waals surface area contributed by atoms with E-state index >= 15 is 0 Å². The molecule has 3 nitrogen and oxygen atoms in total. The van der Waals surface area contributed by atoms with Crippen molar-refractivity contribution < 1.29 is 14.7 Å². The fraction of sp³-hybridized carbons (Fsp3) is 0.857. The molecular formula is C14H22O3. The van der Waals surface area contributed by atoms with Gasteiger partial charge in [-0.3, -0.25) is 9.59 Å². The number of Topliss-reactive ketones (excluding diaryl/α,β-unsaturated/α-hetero) is 1. The van der Waals surface area contributed by atoms with E-state index in [-0.39, 0.29) is 5.78 Å². The average Bonchev–Trinajstić information content (AvgIpc) is 2.59. The van der Waals surface area contributed by atoms with Gasteiger partial charge in [0.1, 0.15) is 5.78 Å². The lowest BCUT2D eigenvalue weighted by Gasteiger charge is -2.39. The van der Waals surface area contributed by atoms with Crippen molar-refractivity contribution >= 4 is 11.8 Å². The summed E-state index contributed by atoms with van der Waals surface area (Å²) in [5.74, 6) is -0.108. The molecule has 0 aromatic carbocycles. The van der Waals surface area contributed by atoms with E-state index in [0.717, 1.165) is 25.7 Å². The highest BCUT2D eigenvalue weighted by Crippen LogP contribution is 2.47. The number of hydrogen-bond donors (Lipinski definition) is 1. The summed E-state index contributed by atoms with van der Waals surface area (Å²) in [6.45, 7) is 0. The van der Waals surface area contributed by atoms with Crippen LogP contribution in [-0.2, 0) is 9.59 Å². The molecule has 0 saturated heterocycles. The van der Waals surface area contributed by atoms with Gasteiger partial charge in [0.05, 0.1) is 5.41 Å². The van der Waals surface area contributed by atoms with E-state index in [0.29, 0.717) is 31.6 Å². The number of carbonyl (C=O) groups excluding carboxylic acids is 1. The third-order valence-electron chi connectivity index (χ3n) is 4.76. The number of carbonyl (C=O) groups is 2. The molecule has 0 unspecified atom stereocenters. The van der Waals surface area contributed by atoms with Gasteiger partial charge in [-0.15, -0.1) is 0 Å². The molecule has 0 amide bonds.